The lowest BCUT2D eigenvalue weighted by atomic mass is 10.1. The Labute approximate surface area is 94.0 Å². The summed E-state index contributed by atoms with van der Waals surface area (Å²) >= 11 is 0. The van der Waals surface area contributed by atoms with Gasteiger partial charge in [-0.15, -0.1) is 0 Å². The number of amides is 1. The molecule has 0 unspecified atom stereocenters. The molecular weight excluding hydrogens is 188 g/mol. The molecule has 0 fully saturated rings. The third kappa shape index (κ3) is 11.4. The molecule has 0 aromatic rings. The molecule has 2 N–H and O–H groups in total. The van der Waals surface area contributed by atoms with Crippen LogP contribution in [0.5, 0.6) is 0 Å². The summed E-state index contributed by atoms with van der Waals surface area (Å²) in [6.45, 7) is 9.77. The van der Waals surface area contributed by atoms with Gasteiger partial charge in [0.2, 0.25) is 5.91 Å². The van der Waals surface area contributed by atoms with Crippen LogP contribution in [0.15, 0.2) is 0 Å². The number of hydrogen-bond donors (Lipinski definition) is 2. The number of rotatable bonds is 8. The van der Waals surface area contributed by atoms with Crippen molar-refractivity contribution in [3.63, 3.8) is 0 Å². The fourth-order valence-electron chi connectivity index (χ4n) is 1.26. The van der Waals surface area contributed by atoms with Gasteiger partial charge in [-0.25, -0.2) is 0 Å². The molecule has 0 bridgehead atoms. The number of carbonyl (C=O) groups is 1. The van der Waals surface area contributed by atoms with Gasteiger partial charge < -0.3 is 10.6 Å². The van der Waals surface area contributed by atoms with Gasteiger partial charge in [0.15, 0.2) is 0 Å². The molecule has 0 saturated carbocycles. The van der Waals surface area contributed by atoms with Crippen molar-refractivity contribution in [3.8, 4) is 0 Å². The van der Waals surface area contributed by atoms with Crippen LogP contribution in [0.1, 0.15) is 47.0 Å². The molecule has 0 radical (unpaired) electrons. The molecule has 0 atom stereocenters. The van der Waals surface area contributed by atoms with Crippen molar-refractivity contribution < 1.29 is 4.79 Å². The highest BCUT2D eigenvalue weighted by Crippen LogP contribution is 2.04. The highest BCUT2D eigenvalue weighted by atomic mass is 16.1. The first-order chi connectivity index (χ1) is 7.02. The van der Waals surface area contributed by atoms with Crippen LogP contribution in [0.2, 0.25) is 0 Å². The Balaban J connectivity index is 3.24. The summed E-state index contributed by atoms with van der Waals surface area (Å²) in [5.74, 6) is 0.872. The molecular formula is C12H26N2O. The van der Waals surface area contributed by atoms with E-state index in [0.717, 1.165) is 18.9 Å². The largest absolute Gasteiger partial charge is 0.355 e. The SMILES string of the molecule is CC(C)CCCCNC(=O)CNC(C)C. The van der Waals surface area contributed by atoms with Gasteiger partial charge in [0.1, 0.15) is 0 Å². The molecule has 3 nitrogen and oxygen atoms in total. The fourth-order valence-corrected chi connectivity index (χ4v) is 1.26. The van der Waals surface area contributed by atoms with Crippen molar-refractivity contribution in [2.75, 3.05) is 13.1 Å². The first-order valence-electron chi connectivity index (χ1n) is 6.02. The molecule has 0 rings (SSSR count). The van der Waals surface area contributed by atoms with Crippen molar-refractivity contribution >= 4 is 5.91 Å². The third-order valence-electron chi connectivity index (χ3n) is 2.20. The lowest BCUT2D eigenvalue weighted by Crippen LogP contribution is -2.37. The second-order valence-electron chi connectivity index (χ2n) is 4.78. The summed E-state index contributed by atoms with van der Waals surface area (Å²) in [5.41, 5.74) is 0. The van der Waals surface area contributed by atoms with E-state index in [9.17, 15) is 4.79 Å². The van der Waals surface area contributed by atoms with E-state index >= 15 is 0 Å². The highest BCUT2D eigenvalue weighted by Gasteiger charge is 2.01. The number of carbonyl (C=O) groups excluding carboxylic acids is 1. The van der Waals surface area contributed by atoms with E-state index in [1.807, 2.05) is 13.8 Å². The number of unbranched alkanes of at least 4 members (excludes halogenated alkanes) is 1. The second-order valence-corrected chi connectivity index (χ2v) is 4.78. The van der Waals surface area contributed by atoms with Crippen LogP contribution in [0.4, 0.5) is 0 Å². The van der Waals surface area contributed by atoms with E-state index in [2.05, 4.69) is 24.5 Å². The van der Waals surface area contributed by atoms with Crippen LogP contribution in [0, 0.1) is 5.92 Å². The van der Waals surface area contributed by atoms with Crippen LogP contribution in [0.25, 0.3) is 0 Å². The molecule has 90 valence electrons. The summed E-state index contributed by atoms with van der Waals surface area (Å²) in [5, 5.41) is 6.00. The highest BCUT2D eigenvalue weighted by molar-refractivity contribution is 5.77. The van der Waals surface area contributed by atoms with Crippen molar-refractivity contribution in [1.82, 2.24) is 10.6 Å². The standard InChI is InChI=1S/C12H26N2O/c1-10(2)7-5-6-8-13-12(15)9-14-11(3)4/h10-11,14H,5-9H2,1-4H3,(H,13,15). The minimum absolute atomic E-state index is 0.105. The average Bonchev–Trinajstić information content (AvgIpc) is 2.13. The van der Waals surface area contributed by atoms with Crippen LogP contribution in [-0.4, -0.2) is 25.0 Å². The third-order valence-corrected chi connectivity index (χ3v) is 2.20. The van der Waals surface area contributed by atoms with Gasteiger partial charge in [0, 0.05) is 12.6 Å². The maximum Gasteiger partial charge on any atom is 0.233 e. The number of nitrogens with one attached hydrogen (secondary N) is 2. The monoisotopic (exact) mass is 214 g/mol. The lowest BCUT2D eigenvalue weighted by molar-refractivity contribution is -0.120. The normalized spacial score (nSPS) is 11.1. The zero-order chi connectivity index (χ0) is 11.7. The summed E-state index contributed by atoms with van der Waals surface area (Å²) in [4.78, 5) is 11.3. The average molecular weight is 214 g/mol. The first-order valence-corrected chi connectivity index (χ1v) is 6.02. The Hall–Kier alpha value is -0.570. The molecule has 15 heavy (non-hydrogen) atoms. The molecule has 1 amide bonds. The first kappa shape index (κ1) is 14.4. The Morgan fingerprint density at radius 3 is 2.33 bits per heavy atom. The second kappa shape index (κ2) is 8.72. The van der Waals surface area contributed by atoms with Crippen molar-refractivity contribution in [3.05, 3.63) is 0 Å². The van der Waals surface area contributed by atoms with E-state index < -0.39 is 0 Å². The summed E-state index contributed by atoms with van der Waals surface area (Å²) in [6.07, 6.45) is 3.54. The summed E-state index contributed by atoms with van der Waals surface area (Å²) in [6, 6.07) is 0.372. The van der Waals surface area contributed by atoms with Gasteiger partial charge in [0.25, 0.3) is 0 Å². The maximum absolute atomic E-state index is 11.3. The Bertz CT molecular complexity index is 167. The van der Waals surface area contributed by atoms with E-state index in [4.69, 9.17) is 0 Å². The molecule has 0 aromatic heterocycles. The van der Waals surface area contributed by atoms with E-state index in [1.54, 1.807) is 0 Å². The molecule has 0 aliphatic rings. The molecule has 0 spiro atoms. The Morgan fingerprint density at radius 2 is 1.80 bits per heavy atom. The van der Waals surface area contributed by atoms with Crippen LogP contribution in [-0.2, 0) is 4.79 Å². The molecule has 0 aliphatic carbocycles. The zero-order valence-electron chi connectivity index (χ0n) is 10.6. The minimum atomic E-state index is 0.105. The predicted octanol–water partition coefficient (Wildman–Crippen LogP) is 1.93. The quantitative estimate of drug-likeness (QED) is 0.606. The predicted molar refractivity (Wildman–Crippen MR) is 64.8 cm³/mol. The summed E-state index contributed by atoms with van der Waals surface area (Å²) < 4.78 is 0. The lowest BCUT2D eigenvalue weighted by Gasteiger charge is -2.09. The smallest absolute Gasteiger partial charge is 0.233 e. The van der Waals surface area contributed by atoms with E-state index in [0.29, 0.717) is 12.6 Å². The van der Waals surface area contributed by atoms with Crippen molar-refractivity contribution in [1.29, 1.82) is 0 Å². The van der Waals surface area contributed by atoms with Gasteiger partial charge in [-0.1, -0.05) is 40.5 Å². The Morgan fingerprint density at radius 1 is 1.13 bits per heavy atom. The van der Waals surface area contributed by atoms with Crippen molar-refractivity contribution in [2.24, 2.45) is 5.92 Å². The molecule has 3 heteroatoms. The van der Waals surface area contributed by atoms with Crippen LogP contribution < -0.4 is 10.6 Å². The summed E-state index contributed by atoms with van der Waals surface area (Å²) in [7, 11) is 0. The van der Waals surface area contributed by atoms with Gasteiger partial charge >= 0.3 is 0 Å². The molecule has 0 aromatic carbocycles. The zero-order valence-corrected chi connectivity index (χ0v) is 10.6. The molecule has 0 heterocycles. The Kier molecular flexibility index (Phi) is 8.38. The minimum Gasteiger partial charge on any atom is -0.355 e. The van der Waals surface area contributed by atoms with E-state index in [1.165, 1.54) is 12.8 Å². The van der Waals surface area contributed by atoms with Crippen LogP contribution in [0.3, 0.4) is 0 Å². The van der Waals surface area contributed by atoms with Crippen LogP contribution >= 0.6 is 0 Å². The van der Waals surface area contributed by atoms with Gasteiger partial charge in [0.05, 0.1) is 6.54 Å². The van der Waals surface area contributed by atoms with Gasteiger partial charge in [-0.2, -0.15) is 0 Å². The van der Waals surface area contributed by atoms with Crippen molar-refractivity contribution in [2.45, 2.75) is 53.0 Å². The van der Waals surface area contributed by atoms with E-state index in [-0.39, 0.29) is 5.91 Å². The number of hydrogen-bond acceptors (Lipinski definition) is 2. The molecule has 0 aliphatic heterocycles. The maximum atomic E-state index is 11.3. The molecule has 0 saturated heterocycles. The van der Waals surface area contributed by atoms with Gasteiger partial charge in [-0.3, -0.25) is 4.79 Å². The topological polar surface area (TPSA) is 41.1 Å². The fraction of sp³-hybridized carbons (Fsp3) is 0.917. The van der Waals surface area contributed by atoms with Gasteiger partial charge in [-0.05, 0) is 12.3 Å².